The summed E-state index contributed by atoms with van der Waals surface area (Å²) in [6.07, 6.45) is 0.468. The van der Waals surface area contributed by atoms with E-state index >= 15 is 0 Å². The number of methoxy groups -OCH3 is 1. The fourth-order valence-corrected chi connectivity index (χ4v) is 2.11. The highest BCUT2D eigenvalue weighted by atomic mass is 32.2. The van der Waals surface area contributed by atoms with Crippen molar-refractivity contribution < 1.29 is 9.47 Å². The first kappa shape index (κ1) is 8.91. The maximum atomic E-state index is 5.24. The fraction of sp³-hybridized carbons (Fsp3) is 0.400. The van der Waals surface area contributed by atoms with Crippen molar-refractivity contribution >= 4 is 11.8 Å². The molecule has 0 aromatic heterocycles. The molecule has 2 rings (SSSR count). The van der Waals surface area contributed by atoms with E-state index < -0.39 is 0 Å². The molecule has 70 valence electrons. The molecule has 1 aromatic carbocycles. The highest BCUT2D eigenvalue weighted by molar-refractivity contribution is 7.99. The Bertz CT molecular complexity index is 284. The number of ether oxygens (including phenoxy) is 2. The van der Waals surface area contributed by atoms with E-state index in [4.69, 9.17) is 9.47 Å². The molecule has 1 aliphatic heterocycles. The van der Waals surface area contributed by atoms with Crippen LogP contribution in [0, 0.1) is 0 Å². The summed E-state index contributed by atoms with van der Waals surface area (Å²) in [5.41, 5.74) is 0. The van der Waals surface area contributed by atoms with Gasteiger partial charge in [-0.25, -0.2) is 0 Å². The van der Waals surface area contributed by atoms with Crippen LogP contribution in [0.25, 0.3) is 0 Å². The summed E-state index contributed by atoms with van der Waals surface area (Å²) in [4.78, 5) is 1.19. The number of epoxide rings is 1. The summed E-state index contributed by atoms with van der Waals surface area (Å²) in [5, 5.41) is 0. The van der Waals surface area contributed by atoms with Gasteiger partial charge in [0.2, 0.25) is 0 Å². The van der Waals surface area contributed by atoms with Gasteiger partial charge in [0, 0.05) is 10.6 Å². The highest BCUT2D eigenvalue weighted by Gasteiger charge is 2.22. The minimum atomic E-state index is 0.468. The van der Waals surface area contributed by atoms with Crippen LogP contribution in [0.15, 0.2) is 29.2 Å². The summed E-state index contributed by atoms with van der Waals surface area (Å²) in [6, 6.07) is 8.07. The Balaban J connectivity index is 1.99. The third-order valence-corrected chi connectivity index (χ3v) is 3.08. The monoisotopic (exact) mass is 196 g/mol. The minimum Gasteiger partial charge on any atom is -0.496 e. The number of thioether (sulfide) groups is 1. The second kappa shape index (κ2) is 4.03. The van der Waals surface area contributed by atoms with Crippen LogP contribution >= 0.6 is 11.8 Å². The van der Waals surface area contributed by atoms with Crippen LogP contribution < -0.4 is 4.74 Å². The van der Waals surface area contributed by atoms with Crippen molar-refractivity contribution in [1.82, 2.24) is 0 Å². The van der Waals surface area contributed by atoms with Crippen molar-refractivity contribution in [2.45, 2.75) is 11.0 Å². The first-order valence-electron chi connectivity index (χ1n) is 4.27. The molecule has 0 amide bonds. The number of hydrogen-bond donors (Lipinski definition) is 0. The third-order valence-electron chi connectivity index (χ3n) is 1.90. The average Bonchev–Trinajstić information content (AvgIpc) is 2.99. The van der Waals surface area contributed by atoms with Crippen LogP contribution in [0.3, 0.4) is 0 Å². The largest absolute Gasteiger partial charge is 0.496 e. The van der Waals surface area contributed by atoms with Crippen LogP contribution in [0.2, 0.25) is 0 Å². The van der Waals surface area contributed by atoms with Gasteiger partial charge in [0.1, 0.15) is 5.75 Å². The van der Waals surface area contributed by atoms with Gasteiger partial charge in [-0.15, -0.1) is 11.8 Å². The van der Waals surface area contributed by atoms with Crippen molar-refractivity contribution in [2.75, 3.05) is 19.5 Å². The lowest BCUT2D eigenvalue weighted by molar-refractivity contribution is 0.404. The topological polar surface area (TPSA) is 21.8 Å². The van der Waals surface area contributed by atoms with Crippen molar-refractivity contribution in [3.8, 4) is 5.75 Å². The molecule has 1 heterocycles. The zero-order valence-corrected chi connectivity index (χ0v) is 8.34. The zero-order chi connectivity index (χ0) is 9.10. The molecule has 0 N–H and O–H groups in total. The van der Waals surface area contributed by atoms with Gasteiger partial charge in [-0.05, 0) is 12.1 Å². The fourth-order valence-electron chi connectivity index (χ4n) is 1.09. The molecule has 0 radical (unpaired) electrons. The molecule has 1 fully saturated rings. The molecule has 1 aromatic rings. The van der Waals surface area contributed by atoms with E-state index in [-0.39, 0.29) is 0 Å². The van der Waals surface area contributed by atoms with Gasteiger partial charge in [-0.2, -0.15) is 0 Å². The molecule has 1 aliphatic rings. The third kappa shape index (κ3) is 2.39. The van der Waals surface area contributed by atoms with Crippen molar-refractivity contribution in [3.05, 3.63) is 24.3 Å². The molecule has 1 atom stereocenters. The van der Waals surface area contributed by atoms with Crippen molar-refractivity contribution in [2.24, 2.45) is 0 Å². The lowest BCUT2D eigenvalue weighted by Crippen LogP contribution is -1.91. The molecule has 1 unspecified atom stereocenters. The van der Waals surface area contributed by atoms with E-state index in [0.29, 0.717) is 6.10 Å². The van der Waals surface area contributed by atoms with Gasteiger partial charge < -0.3 is 9.47 Å². The standard InChI is InChI=1S/C10H12O2S/c1-11-9-4-2-3-5-10(9)13-7-8-6-12-8/h2-5,8H,6-7H2,1H3. The first-order chi connectivity index (χ1) is 6.40. The van der Waals surface area contributed by atoms with Gasteiger partial charge in [-0.3, -0.25) is 0 Å². The predicted molar refractivity (Wildman–Crippen MR) is 53.5 cm³/mol. The smallest absolute Gasteiger partial charge is 0.132 e. The van der Waals surface area contributed by atoms with Gasteiger partial charge in [0.15, 0.2) is 0 Å². The SMILES string of the molecule is COc1ccccc1SCC1CO1. The molecule has 0 aliphatic carbocycles. The molecule has 2 nitrogen and oxygen atoms in total. The molecule has 0 bridgehead atoms. The maximum absolute atomic E-state index is 5.24. The molecule has 3 heteroatoms. The normalized spacial score (nSPS) is 19.9. The Morgan fingerprint density at radius 2 is 2.31 bits per heavy atom. The quantitative estimate of drug-likeness (QED) is 0.544. The van der Waals surface area contributed by atoms with E-state index in [2.05, 4.69) is 6.07 Å². The summed E-state index contributed by atoms with van der Waals surface area (Å²) in [5.74, 6) is 1.98. The number of benzene rings is 1. The Kier molecular flexibility index (Phi) is 2.76. The van der Waals surface area contributed by atoms with E-state index in [0.717, 1.165) is 18.1 Å². The second-order valence-corrected chi connectivity index (χ2v) is 3.98. The van der Waals surface area contributed by atoms with Gasteiger partial charge in [-0.1, -0.05) is 12.1 Å². The zero-order valence-electron chi connectivity index (χ0n) is 7.53. The number of hydrogen-bond acceptors (Lipinski definition) is 3. The number of para-hydroxylation sites is 1. The van der Waals surface area contributed by atoms with Gasteiger partial charge >= 0.3 is 0 Å². The van der Waals surface area contributed by atoms with Crippen LogP contribution in [0.4, 0.5) is 0 Å². The lowest BCUT2D eigenvalue weighted by Gasteiger charge is -2.05. The molecule has 0 spiro atoms. The Morgan fingerprint density at radius 1 is 1.54 bits per heavy atom. The molecule has 1 saturated heterocycles. The maximum Gasteiger partial charge on any atom is 0.132 e. The van der Waals surface area contributed by atoms with Gasteiger partial charge in [0.25, 0.3) is 0 Å². The highest BCUT2D eigenvalue weighted by Crippen LogP contribution is 2.31. The summed E-state index contributed by atoms with van der Waals surface area (Å²) in [6.45, 7) is 0.919. The van der Waals surface area contributed by atoms with Crippen LogP contribution in [0.1, 0.15) is 0 Å². The number of rotatable bonds is 4. The lowest BCUT2D eigenvalue weighted by atomic mass is 10.3. The predicted octanol–water partition coefficient (Wildman–Crippen LogP) is 2.19. The summed E-state index contributed by atoms with van der Waals surface area (Å²) < 4.78 is 10.4. The molecule has 0 saturated carbocycles. The van der Waals surface area contributed by atoms with E-state index in [1.54, 1.807) is 18.9 Å². The Morgan fingerprint density at radius 3 is 3.00 bits per heavy atom. The second-order valence-electron chi connectivity index (χ2n) is 2.92. The van der Waals surface area contributed by atoms with Gasteiger partial charge in [0.05, 0.1) is 19.8 Å². The first-order valence-corrected chi connectivity index (χ1v) is 5.26. The van der Waals surface area contributed by atoms with Crippen molar-refractivity contribution in [3.63, 3.8) is 0 Å². The Labute approximate surface area is 82.2 Å². The average molecular weight is 196 g/mol. The van der Waals surface area contributed by atoms with E-state index in [9.17, 15) is 0 Å². The minimum absolute atomic E-state index is 0.468. The van der Waals surface area contributed by atoms with Crippen molar-refractivity contribution in [1.29, 1.82) is 0 Å². The molecular weight excluding hydrogens is 184 g/mol. The Hall–Kier alpha value is -0.670. The molecular formula is C10H12O2S. The van der Waals surface area contributed by atoms with Crippen LogP contribution in [-0.4, -0.2) is 25.6 Å². The summed E-state index contributed by atoms with van der Waals surface area (Å²) in [7, 11) is 1.70. The van der Waals surface area contributed by atoms with Crippen LogP contribution in [0.5, 0.6) is 5.75 Å². The van der Waals surface area contributed by atoms with E-state index in [1.807, 2.05) is 18.2 Å². The molecule has 13 heavy (non-hydrogen) atoms. The van der Waals surface area contributed by atoms with Crippen LogP contribution in [-0.2, 0) is 4.74 Å². The van der Waals surface area contributed by atoms with E-state index in [1.165, 1.54) is 4.90 Å². The summed E-state index contributed by atoms with van der Waals surface area (Å²) >= 11 is 1.79.